The largest absolute Gasteiger partial charge is 0.465 e. The molecule has 1 heterocycles. The summed E-state index contributed by atoms with van der Waals surface area (Å²) in [5, 5.41) is 0. The third kappa shape index (κ3) is 4.47. The normalized spacial score (nSPS) is 17.6. The molecule has 0 aliphatic carbocycles. The molecule has 0 spiro atoms. The zero-order chi connectivity index (χ0) is 15.0. The zero-order valence-electron chi connectivity index (χ0n) is 12.8. The molecule has 0 aromatic rings. The van der Waals surface area contributed by atoms with Crippen LogP contribution in [0.1, 0.15) is 52.9 Å². The number of carbonyl (C=O) groups is 2. The summed E-state index contributed by atoms with van der Waals surface area (Å²) in [5.74, 6) is -0.935. The first-order valence-corrected chi connectivity index (χ1v) is 7.56. The lowest BCUT2D eigenvalue weighted by Crippen LogP contribution is -2.43. The number of epoxide rings is 1. The predicted molar refractivity (Wildman–Crippen MR) is 74.2 cm³/mol. The predicted octanol–water partition coefficient (Wildman–Crippen LogP) is 2.47. The Hall–Kier alpha value is -1.10. The lowest BCUT2D eigenvalue weighted by Gasteiger charge is -2.28. The van der Waals surface area contributed by atoms with E-state index in [0.717, 1.165) is 19.3 Å². The average molecular weight is 286 g/mol. The minimum atomic E-state index is -1.19. The van der Waals surface area contributed by atoms with Gasteiger partial charge in [-0.2, -0.15) is 0 Å². The Morgan fingerprint density at radius 2 is 1.65 bits per heavy atom. The van der Waals surface area contributed by atoms with Gasteiger partial charge in [0.1, 0.15) is 0 Å². The van der Waals surface area contributed by atoms with Crippen LogP contribution in [0.25, 0.3) is 0 Å². The highest BCUT2D eigenvalue weighted by Gasteiger charge is 2.51. The van der Waals surface area contributed by atoms with Crippen molar-refractivity contribution in [1.82, 2.24) is 0 Å². The smallest absolute Gasteiger partial charge is 0.323 e. The van der Waals surface area contributed by atoms with Crippen LogP contribution in [0.15, 0.2) is 0 Å². The van der Waals surface area contributed by atoms with Gasteiger partial charge in [0.05, 0.1) is 25.9 Å². The van der Waals surface area contributed by atoms with E-state index in [4.69, 9.17) is 14.2 Å². The van der Waals surface area contributed by atoms with Gasteiger partial charge in [0, 0.05) is 6.42 Å². The van der Waals surface area contributed by atoms with Crippen molar-refractivity contribution in [2.75, 3.05) is 19.8 Å². The van der Waals surface area contributed by atoms with Crippen LogP contribution >= 0.6 is 0 Å². The van der Waals surface area contributed by atoms with Crippen LogP contribution in [0.5, 0.6) is 0 Å². The summed E-state index contributed by atoms with van der Waals surface area (Å²) >= 11 is 0. The SMILES string of the molecule is CCCCCC(CC1CO1)(C(=O)OCC)C(=O)OCC. The van der Waals surface area contributed by atoms with E-state index in [9.17, 15) is 9.59 Å². The summed E-state index contributed by atoms with van der Waals surface area (Å²) in [4.78, 5) is 24.7. The average Bonchev–Trinajstić information content (AvgIpc) is 3.22. The summed E-state index contributed by atoms with van der Waals surface area (Å²) < 4.78 is 15.5. The van der Waals surface area contributed by atoms with Crippen LogP contribution in [0.4, 0.5) is 0 Å². The van der Waals surface area contributed by atoms with Gasteiger partial charge in [0.15, 0.2) is 5.41 Å². The fraction of sp³-hybridized carbons (Fsp3) is 0.867. The van der Waals surface area contributed by atoms with Gasteiger partial charge in [-0.25, -0.2) is 0 Å². The van der Waals surface area contributed by atoms with Crippen molar-refractivity contribution in [3.05, 3.63) is 0 Å². The highest BCUT2D eigenvalue weighted by atomic mass is 16.6. The molecular weight excluding hydrogens is 260 g/mol. The Bertz CT molecular complexity index is 304. The van der Waals surface area contributed by atoms with Gasteiger partial charge in [-0.15, -0.1) is 0 Å². The maximum atomic E-state index is 12.4. The second-order valence-electron chi connectivity index (χ2n) is 5.14. The number of rotatable bonds is 10. The number of hydrogen-bond donors (Lipinski definition) is 0. The summed E-state index contributed by atoms with van der Waals surface area (Å²) in [5.41, 5.74) is -1.19. The van der Waals surface area contributed by atoms with Crippen LogP contribution in [-0.2, 0) is 23.8 Å². The van der Waals surface area contributed by atoms with E-state index in [0.29, 0.717) is 19.4 Å². The molecule has 0 bridgehead atoms. The Balaban J connectivity index is 2.88. The molecule has 5 nitrogen and oxygen atoms in total. The van der Waals surface area contributed by atoms with Crippen LogP contribution in [0.2, 0.25) is 0 Å². The van der Waals surface area contributed by atoms with Gasteiger partial charge >= 0.3 is 11.9 Å². The molecular formula is C15H26O5. The van der Waals surface area contributed by atoms with Gasteiger partial charge < -0.3 is 14.2 Å². The van der Waals surface area contributed by atoms with E-state index in [1.165, 1.54) is 0 Å². The molecule has 1 aliphatic rings. The molecule has 0 aromatic carbocycles. The number of unbranched alkanes of at least 4 members (excludes halogenated alkanes) is 2. The summed E-state index contributed by atoms with van der Waals surface area (Å²) in [6.07, 6.45) is 3.63. The molecule has 5 heteroatoms. The van der Waals surface area contributed by atoms with Gasteiger partial charge in [-0.05, 0) is 20.3 Å². The number of esters is 2. The van der Waals surface area contributed by atoms with E-state index in [1.54, 1.807) is 13.8 Å². The molecule has 1 fully saturated rings. The lowest BCUT2D eigenvalue weighted by molar-refractivity contribution is -0.174. The molecule has 20 heavy (non-hydrogen) atoms. The molecule has 0 N–H and O–H groups in total. The summed E-state index contributed by atoms with van der Waals surface area (Å²) in [6.45, 7) is 6.70. The quantitative estimate of drug-likeness (QED) is 0.267. The number of hydrogen-bond acceptors (Lipinski definition) is 5. The standard InChI is InChI=1S/C15H26O5/c1-4-7-8-9-15(10-12-11-20-12,13(16)18-5-2)14(17)19-6-3/h12H,4-11H2,1-3H3. The molecule has 116 valence electrons. The van der Waals surface area contributed by atoms with Crippen LogP contribution in [0.3, 0.4) is 0 Å². The van der Waals surface area contributed by atoms with Crippen molar-refractivity contribution in [1.29, 1.82) is 0 Å². The third-order valence-corrected chi connectivity index (χ3v) is 3.52. The minimum Gasteiger partial charge on any atom is -0.465 e. The maximum Gasteiger partial charge on any atom is 0.323 e. The Kier molecular flexibility index (Phi) is 6.99. The van der Waals surface area contributed by atoms with Crippen molar-refractivity contribution < 1.29 is 23.8 Å². The molecule has 1 atom stereocenters. The summed E-state index contributed by atoms with van der Waals surface area (Å²) in [7, 11) is 0. The third-order valence-electron chi connectivity index (χ3n) is 3.52. The first-order valence-electron chi connectivity index (χ1n) is 7.56. The topological polar surface area (TPSA) is 65.1 Å². The van der Waals surface area contributed by atoms with Gasteiger partial charge in [0.25, 0.3) is 0 Å². The fourth-order valence-corrected chi connectivity index (χ4v) is 2.35. The molecule has 1 rings (SSSR count). The van der Waals surface area contributed by atoms with E-state index in [1.807, 2.05) is 0 Å². The number of ether oxygens (including phenoxy) is 3. The van der Waals surface area contributed by atoms with Crippen molar-refractivity contribution >= 4 is 11.9 Å². The molecule has 1 unspecified atom stereocenters. The van der Waals surface area contributed by atoms with Gasteiger partial charge in [-0.1, -0.05) is 26.2 Å². The van der Waals surface area contributed by atoms with Crippen molar-refractivity contribution in [2.24, 2.45) is 5.41 Å². The lowest BCUT2D eigenvalue weighted by atomic mass is 9.78. The summed E-state index contributed by atoms with van der Waals surface area (Å²) in [6, 6.07) is 0. The van der Waals surface area contributed by atoms with Crippen LogP contribution in [-0.4, -0.2) is 37.9 Å². The van der Waals surface area contributed by atoms with Gasteiger partial charge in [0.2, 0.25) is 0 Å². The highest BCUT2D eigenvalue weighted by Crippen LogP contribution is 2.37. The van der Waals surface area contributed by atoms with E-state index < -0.39 is 17.4 Å². The Morgan fingerprint density at radius 3 is 2.05 bits per heavy atom. The molecule has 1 aliphatic heterocycles. The molecule has 0 amide bonds. The highest BCUT2D eigenvalue weighted by molar-refractivity contribution is 6.00. The molecule has 0 aromatic heterocycles. The minimum absolute atomic E-state index is 0.0227. The van der Waals surface area contributed by atoms with E-state index in [-0.39, 0.29) is 19.3 Å². The van der Waals surface area contributed by atoms with E-state index >= 15 is 0 Å². The van der Waals surface area contributed by atoms with Crippen molar-refractivity contribution in [3.8, 4) is 0 Å². The molecule has 0 radical (unpaired) electrons. The van der Waals surface area contributed by atoms with Crippen molar-refractivity contribution in [3.63, 3.8) is 0 Å². The molecule has 0 saturated carbocycles. The van der Waals surface area contributed by atoms with Gasteiger partial charge in [-0.3, -0.25) is 9.59 Å². The fourth-order valence-electron chi connectivity index (χ4n) is 2.35. The first-order chi connectivity index (χ1) is 9.60. The van der Waals surface area contributed by atoms with E-state index in [2.05, 4.69) is 6.92 Å². The zero-order valence-corrected chi connectivity index (χ0v) is 12.8. The van der Waals surface area contributed by atoms with Crippen LogP contribution in [0, 0.1) is 5.41 Å². The maximum absolute atomic E-state index is 12.4. The Morgan fingerprint density at radius 1 is 1.10 bits per heavy atom. The second kappa shape index (κ2) is 8.25. The first kappa shape index (κ1) is 17.0. The Labute approximate surface area is 121 Å². The monoisotopic (exact) mass is 286 g/mol. The molecule has 1 saturated heterocycles. The second-order valence-corrected chi connectivity index (χ2v) is 5.14. The van der Waals surface area contributed by atoms with Crippen LogP contribution < -0.4 is 0 Å². The number of carbonyl (C=O) groups excluding carboxylic acids is 2. The van der Waals surface area contributed by atoms with Crippen molar-refractivity contribution in [2.45, 2.75) is 59.0 Å².